The molecule has 0 radical (unpaired) electrons. The number of aryl methyl sites for hydroxylation is 1. The first-order valence-electron chi connectivity index (χ1n) is 12.2. The molecule has 4 aromatic rings. The third-order valence-electron chi connectivity index (χ3n) is 6.92. The Labute approximate surface area is 208 Å². The molecule has 3 aromatic heterocycles. The number of β-amino-alcohol motifs (C(OH)–C–C–N with tert-alkyl or cyclic N) is 1. The minimum atomic E-state index is -0.993. The van der Waals surface area contributed by atoms with Crippen LogP contribution in [0.5, 0.6) is 0 Å². The summed E-state index contributed by atoms with van der Waals surface area (Å²) >= 11 is 0. The van der Waals surface area contributed by atoms with E-state index in [1.807, 2.05) is 34.7 Å². The molecule has 1 aliphatic rings. The second-order valence-corrected chi connectivity index (χ2v) is 9.77. The summed E-state index contributed by atoms with van der Waals surface area (Å²) in [6.07, 6.45) is 2.55. The minimum Gasteiger partial charge on any atom is -0.465 e. The van der Waals surface area contributed by atoms with Gasteiger partial charge in [0, 0.05) is 44.2 Å². The van der Waals surface area contributed by atoms with Gasteiger partial charge in [-0.05, 0) is 30.0 Å². The van der Waals surface area contributed by atoms with E-state index in [0.717, 1.165) is 33.6 Å². The third-order valence-corrected chi connectivity index (χ3v) is 6.92. The molecule has 0 bridgehead atoms. The van der Waals surface area contributed by atoms with E-state index in [4.69, 9.17) is 4.98 Å². The summed E-state index contributed by atoms with van der Waals surface area (Å²) < 4.78 is 3.82. The number of fused-ring (bicyclic) bond motifs is 2. The van der Waals surface area contributed by atoms with Crippen molar-refractivity contribution < 1.29 is 15.0 Å². The number of hydrogen-bond donors (Lipinski definition) is 4. The van der Waals surface area contributed by atoms with Crippen LogP contribution in [0.3, 0.4) is 0 Å². The molecule has 1 saturated heterocycles. The number of amides is 1. The Bertz CT molecular complexity index is 1390. The standard InChI is InChI=1S/C25H32N8O3/c1-15(2)18-12-29-33-23(27-10-16-4-5-20-19(8-16)28-14-31(20)3)9-22(30-24(18)33)26-11-17-6-7-32(25(35)36)13-21(17)34/h4-5,8-9,12,14-15,17,21,27,34H,6-7,10-11,13H2,1-3H3,(H,26,30)(H,35,36)/t17-,21+/m1/s1. The maximum absolute atomic E-state index is 11.2. The first-order valence-corrected chi connectivity index (χ1v) is 12.2. The summed E-state index contributed by atoms with van der Waals surface area (Å²) in [5.74, 6) is 1.68. The Balaban J connectivity index is 1.36. The van der Waals surface area contributed by atoms with Crippen molar-refractivity contribution in [1.29, 1.82) is 0 Å². The number of aromatic nitrogens is 5. The highest BCUT2D eigenvalue weighted by atomic mass is 16.4. The highest BCUT2D eigenvalue weighted by Gasteiger charge is 2.30. The predicted octanol–water partition coefficient (Wildman–Crippen LogP) is 3.12. The van der Waals surface area contributed by atoms with E-state index in [9.17, 15) is 15.0 Å². The van der Waals surface area contributed by atoms with E-state index in [-0.39, 0.29) is 18.4 Å². The molecule has 1 aromatic carbocycles. The van der Waals surface area contributed by atoms with Gasteiger partial charge >= 0.3 is 6.09 Å². The molecule has 1 fully saturated rings. The molecule has 4 heterocycles. The predicted molar refractivity (Wildman–Crippen MR) is 137 cm³/mol. The topological polar surface area (TPSA) is 133 Å². The first kappa shape index (κ1) is 23.9. The number of imidazole rings is 1. The van der Waals surface area contributed by atoms with Crippen LogP contribution >= 0.6 is 0 Å². The van der Waals surface area contributed by atoms with E-state index >= 15 is 0 Å². The van der Waals surface area contributed by atoms with Crippen LogP contribution in [-0.4, -0.2) is 71.1 Å². The number of carboxylic acid groups (broad SMARTS) is 1. The van der Waals surface area contributed by atoms with Gasteiger partial charge in [-0.25, -0.2) is 14.8 Å². The Morgan fingerprint density at radius 3 is 2.83 bits per heavy atom. The highest BCUT2D eigenvalue weighted by Crippen LogP contribution is 2.26. The lowest BCUT2D eigenvalue weighted by molar-refractivity contribution is 0.0294. The van der Waals surface area contributed by atoms with Crippen LogP contribution in [0.15, 0.2) is 36.8 Å². The molecule has 190 valence electrons. The minimum absolute atomic E-state index is 0.0605. The molecule has 11 heteroatoms. The van der Waals surface area contributed by atoms with Gasteiger partial charge in [-0.1, -0.05) is 19.9 Å². The Kier molecular flexibility index (Phi) is 6.40. The van der Waals surface area contributed by atoms with Gasteiger partial charge in [-0.15, -0.1) is 0 Å². The lowest BCUT2D eigenvalue weighted by Crippen LogP contribution is -2.47. The molecule has 36 heavy (non-hydrogen) atoms. The van der Waals surface area contributed by atoms with Gasteiger partial charge in [-0.2, -0.15) is 9.61 Å². The fraction of sp³-hybridized carbons (Fsp3) is 0.440. The largest absolute Gasteiger partial charge is 0.465 e. The van der Waals surface area contributed by atoms with Gasteiger partial charge in [0.15, 0.2) is 5.65 Å². The Morgan fingerprint density at radius 2 is 2.08 bits per heavy atom. The van der Waals surface area contributed by atoms with Crippen LogP contribution in [0.4, 0.5) is 16.4 Å². The first-order chi connectivity index (χ1) is 17.3. The number of hydrogen-bond acceptors (Lipinski definition) is 7. The molecule has 2 atom stereocenters. The molecule has 0 spiro atoms. The van der Waals surface area contributed by atoms with Crippen LogP contribution < -0.4 is 10.6 Å². The maximum Gasteiger partial charge on any atom is 0.407 e. The van der Waals surface area contributed by atoms with Gasteiger partial charge in [0.1, 0.15) is 11.6 Å². The average Bonchev–Trinajstić information content (AvgIpc) is 3.45. The number of carbonyl (C=O) groups is 1. The second kappa shape index (κ2) is 9.65. The van der Waals surface area contributed by atoms with Gasteiger partial charge in [0.25, 0.3) is 0 Å². The number of rotatable bonds is 7. The average molecular weight is 493 g/mol. The van der Waals surface area contributed by atoms with Crippen molar-refractivity contribution in [3.63, 3.8) is 0 Å². The molecule has 1 aliphatic heterocycles. The zero-order chi connectivity index (χ0) is 25.4. The van der Waals surface area contributed by atoms with E-state index < -0.39 is 12.2 Å². The SMILES string of the molecule is CC(C)c1cnn2c(NCc3ccc4c(c3)ncn4C)cc(NC[C@H]3CCN(C(=O)O)C[C@@H]3O)nc12. The second-order valence-electron chi connectivity index (χ2n) is 9.77. The third kappa shape index (κ3) is 4.66. The summed E-state index contributed by atoms with van der Waals surface area (Å²) in [6, 6.07) is 8.15. The van der Waals surface area contributed by atoms with E-state index in [2.05, 4.69) is 52.8 Å². The van der Waals surface area contributed by atoms with Crippen LogP contribution in [-0.2, 0) is 13.6 Å². The zero-order valence-electron chi connectivity index (χ0n) is 20.7. The molecule has 5 rings (SSSR count). The van der Waals surface area contributed by atoms with Crippen molar-refractivity contribution in [2.45, 2.75) is 38.8 Å². The summed E-state index contributed by atoms with van der Waals surface area (Å²) in [7, 11) is 1.98. The van der Waals surface area contributed by atoms with E-state index in [1.54, 1.807) is 0 Å². The summed E-state index contributed by atoms with van der Waals surface area (Å²) in [5, 5.41) is 31.1. The lowest BCUT2D eigenvalue weighted by Gasteiger charge is -2.34. The Hall–Kier alpha value is -3.86. The van der Waals surface area contributed by atoms with Crippen molar-refractivity contribution in [2.24, 2.45) is 13.0 Å². The quantitative estimate of drug-likeness (QED) is 0.309. The molecule has 0 saturated carbocycles. The van der Waals surface area contributed by atoms with Crippen LogP contribution in [0, 0.1) is 5.92 Å². The molecular formula is C25H32N8O3. The normalized spacial score (nSPS) is 18.3. The van der Waals surface area contributed by atoms with Crippen LogP contribution in [0.1, 0.15) is 37.3 Å². The van der Waals surface area contributed by atoms with Crippen molar-refractivity contribution in [1.82, 2.24) is 29.0 Å². The number of anilines is 2. The number of aliphatic hydroxyl groups excluding tert-OH is 1. The number of nitrogens with zero attached hydrogens (tertiary/aromatic N) is 6. The van der Waals surface area contributed by atoms with Crippen molar-refractivity contribution in [3.05, 3.63) is 47.9 Å². The number of aliphatic hydroxyl groups is 1. The maximum atomic E-state index is 11.2. The number of likely N-dealkylation sites (tertiary alicyclic amines) is 1. The van der Waals surface area contributed by atoms with Crippen molar-refractivity contribution in [2.75, 3.05) is 30.3 Å². The van der Waals surface area contributed by atoms with Gasteiger partial charge < -0.3 is 30.3 Å². The highest BCUT2D eigenvalue weighted by molar-refractivity contribution is 5.76. The van der Waals surface area contributed by atoms with E-state index in [0.29, 0.717) is 31.9 Å². The smallest absolute Gasteiger partial charge is 0.407 e. The van der Waals surface area contributed by atoms with Gasteiger partial charge in [-0.3, -0.25) is 0 Å². The lowest BCUT2D eigenvalue weighted by atomic mass is 9.94. The fourth-order valence-electron chi connectivity index (χ4n) is 4.72. The molecule has 0 unspecified atom stereocenters. The summed E-state index contributed by atoms with van der Waals surface area (Å²) in [6.45, 7) is 5.86. The summed E-state index contributed by atoms with van der Waals surface area (Å²) in [5.41, 5.74) is 4.96. The molecule has 11 nitrogen and oxygen atoms in total. The van der Waals surface area contributed by atoms with E-state index in [1.165, 1.54) is 4.90 Å². The Morgan fingerprint density at radius 1 is 1.25 bits per heavy atom. The van der Waals surface area contributed by atoms with Gasteiger partial charge in [0.05, 0.1) is 36.2 Å². The number of piperidine rings is 1. The van der Waals surface area contributed by atoms with Gasteiger partial charge in [0.2, 0.25) is 0 Å². The van der Waals surface area contributed by atoms with Crippen molar-refractivity contribution >= 4 is 34.4 Å². The molecule has 1 amide bonds. The van der Waals surface area contributed by atoms with Crippen molar-refractivity contribution in [3.8, 4) is 0 Å². The van der Waals surface area contributed by atoms with Crippen LogP contribution in [0.2, 0.25) is 0 Å². The monoisotopic (exact) mass is 492 g/mol. The zero-order valence-corrected chi connectivity index (χ0v) is 20.7. The number of nitrogens with one attached hydrogen (secondary N) is 2. The molecular weight excluding hydrogens is 460 g/mol. The number of benzene rings is 1. The van der Waals surface area contributed by atoms with Crippen LogP contribution in [0.25, 0.3) is 16.7 Å². The summed E-state index contributed by atoms with van der Waals surface area (Å²) in [4.78, 5) is 21.7. The molecule has 4 N–H and O–H groups in total. The fourth-order valence-corrected chi connectivity index (χ4v) is 4.72. The molecule has 0 aliphatic carbocycles.